The van der Waals surface area contributed by atoms with Gasteiger partial charge in [0.1, 0.15) is 12.4 Å². The van der Waals surface area contributed by atoms with Crippen molar-refractivity contribution in [2.75, 3.05) is 32.8 Å². The Hall–Kier alpha value is -2.08. The fourth-order valence-corrected chi connectivity index (χ4v) is 4.48. The van der Waals surface area contributed by atoms with E-state index in [-0.39, 0.29) is 18.1 Å². The summed E-state index contributed by atoms with van der Waals surface area (Å²) < 4.78 is 11.4. The molecule has 2 fully saturated rings. The molecule has 160 valence electrons. The number of hydrogen-bond acceptors (Lipinski definition) is 4. The summed E-state index contributed by atoms with van der Waals surface area (Å²) in [7, 11) is 0. The largest absolute Gasteiger partial charge is 0.491 e. The normalized spacial score (nSPS) is 20.2. The summed E-state index contributed by atoms with van der Waals surface area (Å²) in [5.74, 6) is 0.592. The molecule has 2 aromatic carbocycles. The van der Waals surface area contributed by atoms with Gasteiger partial charge in [0.05, 0.1) is 12.1 Å². The molecular weight excluding hydrogens is 400 g/mol. The number of nitrogens with zero attached hydrogens (tertiary/aromatic N) is 1. The van der Waals surface area contributed by atoms with Crippen LogP contribution in [-0.4, -0.2) is 49.8 Å². The van der Waals surface area contributed by atoms with E-state index >= 15 is 0 Å². The fourth-order valence-electron chi connectivity index (χ4n) is 4.22. The van der Waals surface area contributed by atoms with Gasteiger partial charge >= 0.3 is 0 Å². The van der Waals surface area contributed by atoms with E-state index in [1.54, 1.807) is 6.07 Å². The van der Waals surface area contributed by atoms with E-state index in [1.807, 2.05) is 36.4 Å². The van der Waals surface area contributed by atoms with Crippen molar-refractivity contribution in [1.82, 2.24) is 10.2 Å². The van der Waals surface area contributed by atoms with Gasteiger partial charge in [0.15, 0.2) is 0 Å². The van der Waals surface area contributed by atoms with Gasteiger partial charge in [0.2, 0.25) is 0 Å². The lowest BCUT2D eigenvalue weighted by atomic mass is 10.0. The summed E-state index contributed by atoms with van der Waals surface area (Å²) in [6, 6.07) is 15.3. The van der Waals surface area contributed by atoms with Crippen molar-refractivity contribution in [3.05, 3.63) is 64.7 Å². The first-order valence-corrected chi connectivity index (χ1v) is 11.2. The Morgan fingerprint density at radius 3 is 2.77 bits per heavy atom. The number of halogens is 1. The van der Waals surface area contributed by atoms with Crippen molar-refractivity contribution in [2.45, 2.75) is 37.8 Å². The van der Waals surface area contributed by atoms with Gasteiger partial charge in [-0.25, -0.2) is 0 Å². The van der Waals surface area contributed by atoms with E-state index in [9.17, 15) is 4.79 Å². The van der Waals surface area contributed by atoms with Crippen LogP contribution in [0.1, 0.15) is 47.6 Å². The van der Waals surface area contributed by atoms with Gasteiger partial charge in [-0.15, -0.1) is 0 Å². The van der Waals surface area contributed by atoms with Crippen molar-refractivity contribution in [1.29, 1.82) is 0 Å². The number of likely N-dealkylation sites (tertiary alicyclic amines) is 1. The van der Waals surface area contributed by atoms with Gasteiger partial charge < -0.3 is 14.8 Å². The van der Waals surface area contributed by atoms with Crippen LogP contribution in [-0.2, 0) is 4.74 Å². The Morgan fingerprint density at radius 2 is 2.00 bits per heavy atom. The lowest BCUT2D eigenvalue weighted by molar-refractivity contribution is 0.0679. The first-order chi connectivity index (χ1) is 14.7. The molecule has 30 heavy (non-hydrogen) atoms. The molecule has 2 aromatic rings. The molecule has 5 nitrogen and oxygen atoms in total. The van der Waals surface area contributed by atoms with Crippen LogP contribution in [0.25, 0.3) is 0 Å². The maximum Gasteiger partial charge on any atom is 0.251 e. The van der Waals surface area contributed by atoms with Crippen LogP contribution in [0.4, 0.5) is 0 Å². The monoisotopic (exact) mass is 428 g/mol. The molecule has 2 saturated heterocycles. The van der Waals surface area contributed by atoms with E-state index in [0.717, 1.165) is 43.1 Å². The summed E-state index contributed by atoms with van der Waals surface area (Å²) >= 11 is 6.47. The first kappa shape index (κ1) is 21.2. The molecule has 1 amide bonds. The molecule has 1 N–H and O–H groups in total. The Bertz CT molecular complexity index is 848. The van der Waals surface area contributed by atoms with Gasteiger partial charge in [0.25, 0.3) is 5.91 Å². The summed E-state index contributed by atoms with van der Waals surface area (Å²) in [6.07, 6.45) is 4.62. The molecule has 4 rings (SSSR count). The third kappa shape index (κ3) is 5.34. The van der Waals surface area contributed by atoms with E-state index in [0.29, 0.717) is 24.5 Å². The second kappa shape index (κ2) is 10.3. The maximum absolute atomic E-state index is 12.9. The first-order valence-electron chi connectivity index (χ1n) is 10.8. The Kier molecular flexibility index (Phi) is 7.26. The number of hydrogen-bond donors (Lipinski definition) is 1. The van der Waals surface area contributed by atoms with E-state index in [2.05, 4.69) is 16.3 Å². The van der Waals surface area contributed by atoms with Gasteiger partial charge in [-0.2, -0.15) is 0 Å². The van der Waals surface area contributed by atoms with E-state index in [4.69, 9.17) is 21.1 Å². The summed E-state index contributed by atoms with van der Waals surface area (Å²) in [5, 5.41) is 3.85. The average Bonchev–Trinajstić information content (AvgIpc) is 3.48. The van der Waals surface area contributed by atoms with Crippen LogP contribution in [0.2, 0.25) is 5.02 Å². The zero-order valence-corrected chi connectivity index (χ0v) is 17.9. The predicted molar refractivity (Wildman–Crippen MR) is 118 cm³/mol. The lowest BCUT2D eigenvalue weighted by Gasteiger charge is -2.29. The van der Waals surface area contributed by atoms with Crippen molar-refractivity contribution >= 4 is 17.5 Å². The minimum Gasteiger partial charge on any atom is -0.491 e. The Morgan fingerprint density at radius 1 is 1.17 bits per heavy atom. The highest BCUT2D eigenvalue weighted by atomic mass is 35.5. The molecule has 2 aliphatic heterocycles. The predicted octanol–water partition coefficient (Wildman–Crippen LogP) is 4.46. The van der Waals surface area contributed by atoms with Crippen LogP contribution in [0.3, 0.4) is 0 Å². The third-order valence-corrected chi connectivity index (χ3v) is 6.20. The standard InChI is InChI=1S/C24H29ClN2O3/c25-22-11-2-1-10-21(22)23(27-12-3-4-13-27)16-26-24(28)18-7-5-8-19(15-18)30-17-20-9-6-14-29-20/h1-2,5,7-8,10-11,15,20,23H,3-4,6,9,12-14,16-17H2,(H,26,28). The highest BCUT2D eigenvalue weighted by molar-refractivity contribution is 6.31. The van der Waals surface area contributed by atoms with Crippen molar-refractivity contribution < 1.29 is 14.3 Å². The lowest BCUT2D eigenvalue weighted by Crippen LogP contribution is -2.37. The molecule has 0 saturated carbocycles. The molecule has 2 unspecified atom stereocenters. The quantitative estimate of drug-likeness (QED) is 0.674. The molecule has 0 bridgehead atoms. The van der Waals surface area contributed by atoms with Crippen LogP contribution >= 0.6 is 11.6 Å². The van der Waals surface area contributed by atoms with Crippen LogP contribution in [0, 0.1) is 0 Å². The van der Waals surface area contributed by atoms with Crippen LogP contribution in [0.5, 0.6) is 5.75 Å². The minimum atomic E-state index is -0.103. The molecule has 6 heteroatoms. The van der Waals surface area contributed by atoms with E-state index < -0.39 is 0 Å². The SMILES string of the molecule is O=C(NCC(c1ccccc1Cl)N1CCCC1)c1cccc(OCC2CCCO2)c1. The molecular formula is C24H29ClN2O3. The van der Waals surface area contributed by atoms with Crippen molar-refractivity contribution in [3.8, 4) is 5.75 Å². The van der Waals surface area contributed by atoms with Crippen LogP contribution in [0.15, 0.2) is 48.5 Å². The van der Waals surface area contributed by atoms with Crippen molar-refractivity contribution in [2.24, 2.45) is 0 Å². The number of benzene rings is 2. The number of rotatable bonds is 8. The Labute approximate surface area is 183 Å². The Balaban J connectivity index is 1.39. The molecule has 2 heterocycles. The highest BCUT2D eigenvalue weighted by Crippen LogP contribution is 2.30. The molecule has 2 aliphatic rings. The molecule has 2 atom stereocenters. The molecule has 0 radical (unpaired) electrons. The average molecular weight is 429 g/mol. The summed E-state index contributed by atoms with van der Waals surface area (Å²) in [6.45, 7) is 3.90. The number of amides is 1. The summed E-state index contributed by atoms with van der Waals surface area (Å²) in [4.78, 5) is 15.3. The number of carbonyl (C=O) groups excluding carboxylic acids is 1. The molecule has 0 aliphatic carbocycles. The molecule has 0 aromatic heterocycles. The number of nitrogens with one attached hydrogen (secondary N) is 1. The van der Waals surface area contributed by atoms with Gasteiger partial charge in [-0.3, -0.25) is 9.69 Å². The van der Waals surface area contributed by atoms with E-state index in [1.165, 1.54) is 12.8 Å². The summed E-state index contributed by atoms with van der Waals surface area (Å²) in [5.41, 5.74) is 1.66. The fraction of sp³-hybridized carbons (Fsp3) is 0.458. The van der Waals surface area contributed by atoms with Gasteiger partial charge in [0, 0.05) is 23.7 Å². The van der Waals surface area contributed by atoms with Gasteiger partial charge in [-0.1, -0.05) is 35.9 Å². The van der Waals surface area contributed by atoms with Crippen molar-refractivity contribution in [3.63, 3.8) is 0 Å². The second-order valence-electron chi connectivity index (χ2n) is 7.96. The minimum absolute atomic E-state index is 0.0732. The third-order valence-electron chi connectivity index (χ3n) is 5.86. The van der Waals surface area contributed by atoms with Crippen LogP contribution < -0.4 is 10.1 Å². The van der Waals surface area contributed by atoms with Gasteiger partial charge in [-0.05, 0) is 68.6 Å². The topological polar surface area (TPSA) is 50.8 Å². The highest BCUT2D eigenvalue weighted by Gasteiger charge is 2.25. The zero-order valence-electron chi connectivity index (χ0n) is 17.2. The number of carbonyl (C=O) groups is 1. The maximum atomic E-state index is 12.9. The molecule has 0 spiro atoms. The zero-order chi connectivity index (χ0) is 20.8. The second-order valence-corrected chi connectivity index (χ2v) is 8.37. The number of ether oxygens (including phenoxy) is 2. The smallest absolute Gasteiger partial charge is 0.251 e.